The summed E-state index contributed by atoms with van der Waals surface area (Å²) in [4.78, 5) is 8.98. The van der Waals surface area contributed by atoms with Gasteiger partial charge in [-0.2, -0.15) is 4.98 Å². The first-order chi connectivity index (χ1) is 11.2. The number of fused-ring (bicyclic) bond motifs is 2. The number of aromatic nitrogens is 2. The number of nitrogens with one attached hydrogen (secondary N) is 1. The summed E-state index contributed by atoms with van der Waals surface area (Å²) in [5.41, 5.74) is 3.67. The minimum absolute atomic E-state index is 0.453. The predicted molar refractivity (Wildman–Crippen MR) is 92.8 cm³/mol. The average molecular weight is 325 g/mol. The summed E-state index contributed by atoms with van der Waals surface area (Å²) in [5, 5.41) is 3.89. The summed E-state index contributed by atoms with van der Waals surface area (Å²) < 4.78 is 12.3. The second-order valence-electron chi connectivity index (χ2n) is 5.20. The normalized spacial score (nSPS) is 11.2. The van der Waals surface area contributed by atoms with Crippen LogP contribution >= 0.6 is 11.3 Å². The summed E-state index contributed by atoms with van der Waals surface area (Å²) in [6, 6.07) is 12.3. The number of aryl methyl sites for hydroxylation is 1. The van der Waals surface area contributed by atoms with Gasteiger partial charge in [0, 0.05) is 0 Å². The first-order valence-electron chi connectivity index (χ1n) is 7.39. The lowest BCUT2D eigenvalue weighted by Gasteiger charge is -2.00. The van der Waals surface area contributed by atoms with Crippen molar-refractivity contribution in [1.82, 2.24) is 9.97 Å². The van der Waals surface area contributed by atoms with Gasteiger partial charge in [-0.3, -0.25) is 5.32 Å². The van der Waals surface area contributed by atoms with E-state index in [0.717, 1.165) is 37.8 Å². The van der Waals surface area contributed by atoms with Gasteiger partial charge in [0.05, 0.1) is 16.8 Å². The van der Waals surface area contributed by atoms with Crippen molar-refractivity contribution in [1.29, 1.82) is 0 Å². The van der Waals surface area contributed by atoms with Crippen molar-refractivity contribution in [3.8, 4) is 5.75 Å². The quantitative estimate of drug-likeness (QED) is 0.579. The monoisotopic (exact) mass is 325 g/mol. The first-order valence-corrected chi connectivity index (χ1v) is 8.20. The van der Waals surface area contributed by atoms with Gasteiger partial charge < -0.3 is 9.15 Å². The molecule has 0 radical (unpaired) electrons. The molecule has 0 spiro atoms. The zero-order valence-electron chi connectivity index (χ0n) is 12.8. The molecule has 0 aliphatic carbocycles. The van der Waals surface area contributed by atoms with Gasteiger partial charge in [0.25, 0.3) is 0 Å². The maximum absolute atomic E-state index is 5.73. The molecule has 0 bridgehead atoms. The summed E-state index contributed by atoms with van der Waals surface area (Å²) >= 11 is 1.54. The van der Waals surface area contributed by atoms with E-state index in [1.54, 1.807) is 11.3 Å². The van der Waals surface area contributed by atoms with Gasteiger partial charge in [0.2, 0.25) is 0 Å². The molecule has 0 atom stereocenters. The molecule has 2 aromatic heterocycles. The number of oxazole rings is 1. The Balaban J connectivity index is 1.65. The number of hydrogen-bond donors (Lipinski definition) is 1. The Labute approximate surface area is 136 Å². The van der Waals surface area contributed by atoms with Crippen LogP contribution in [0.4, 0.5) is 11.1 Å². The lowest BCUT2D eigenvalue weighted by Crippen LogP contribution is -1.90. The predicted octanol–water partition coefficient (Wildman–Crippen LogP) is 4.89. The van der Waals surface area contributed by atoms with E-state index in [1.807, 2.05) is 50.2 Å². The van der Waals surface area contributed by atoms with Crippen LogP contribution in [0.25, 0.3) is 21.3 Å². The molecule has 5 nitrogen and oxygen atoms in total. The third-order valence-electron chi connectivity index (χ3n) is 3.43. The van der Waals surface area contributed by atoms with Crippen LogP contribution in [0.15, 0.2) is 40.8 Å². The van der Waals surface area contributed by atoms with Crippen LogP contribution in [0.3, 0.4) is 0 Å². The second-order valence-corrected chi connectivity index (χ2v) is 6.23. The molecule has 0 aliphatic heterocycles. The van der Waals surface area contributed by atoms with E-state index in [-0.39, 0.29) is 0 Å². The van der Waals surface area contributed by atoms with Gasteiger partial charge >= 0.3 is 6.01 Å². The van der Waals surface area contributed by atoms with Crippen molar-refractivity contribution in [2.24, 2.45) is 0 Å². The topological polar surface area (TPSA) is 60.2 Å². The number of rotatable bonds is 4. The molecule has 6 heteroatoms. The van der Waals surface area contributed by atoms with Crippen LogP contribution in [-0.2, 0) is 0 Å². The van der Waals surface area contributed by atoms with Crippen LogP contribution in [0, 0.1) is 6.92 Å². The Kier molecular flexibility index (Phi) is 3.38. The SMILES string of the molecule is CCOc1ccc2nc(Nc3nc4ccc(C)cc4o3)sc2c1. The molecule has 0 unspecified atom stereocenters. The highest BCUT2D eigenvalue weighted by Crippen LogP contribution is 2.31. The van der Waals surface area contributed by atoms with E-state index >= 15 is 0 Å². The maximum atomic E-state index is 5.73. The van der Waals surface area contributed by atoms with Crippen molar-refractivity contribution >= 4 is 43.8 Å². The largest absolute Gasteiger partial charge is 0.494 e. The van der Waals surface area contributed by atoms with E-state index in [1.165, 1.54) is 0 Å². The first kappa shape index (κ1) is 14.0. The van der Waals surface area contributed by atoms with E-state index in [0.29, 0.717) is 12.6 Å². The van der Waals surface area contributed by atoms with E-state index < -0.39 is 0 Å². The number of ether oxygens (including phenoxy) is 1. The summed E-state index contributed by atoms with van der Waals surface area (Å²) in [5.74, 6) is 0.854. The van der Waals surface area contributed by atoms with Gasteiger partial charge in [-0.1, -0.05) is 17.4 Å². The number of thiazole rings is 1. The van der Waals surface area contributed by atoms with Crippen LogP contribution < -0.4 is 10.1 Å². The van der Waals surface area contributed by atoms with Crippen molar-refractivity contribution in [3.05, 3.63) is 42.0 Å². The molecular formula is C17H15N3O2S. The number of benzene rings is 2. The second kappa shape index (κ2) is 5.55. The molecule has 116 valence electrons. The molecule has 23 heavy (non-hydrogen) atoms. The standard InChI is InChI=1S/C17H15N3O2S/c1-3-21-11-5-7-13-15(9-11)23-17(19-13)20-16-18-12-6-4-10(2)8-14(12)22-16/h4-9H,3H2,1-2H3,(H,18,19,20). The average Bonchev–Trinajstić information content (AvgIpc) is 3.09. The molecule has 0 aliphatic rings. The van der Waals surface area contributed by atoms with Crippen LogP contribution in [0.1, 0.15) is 12.5 Å². The highest BCUT2D eigenvalue weighted by molar-refractivity contribution is 7.22. The van der Waals surface area contributed by atoms with Crippen molar-refractivity contribution < 1.29 is 9.15 Å². The summed E-state index contributed by atoms with van der Waals surface area (Å²) in [6.45, 7) is 4.65. The Morgan fingerprint density at radius 2 is 2.00 bits per heavy atom. The fraction of sp³-hybridized carbons (Fsp3) is 0.176. The van der Waals surface area contributed by atoms with Gasteiger partial charge in [-0.05, 0) is 49.7 Å². The Bertz CT molecular complexity index is 990. The minimum Gasteiger partial charge on any atom is -0.494 e. The molecule has 4 rings (SSSR count). The van der Waals surface area contributed by atoms with Crippen LogP contribution in [-0.4, -0.2) is 16.6 Å². The third kappa shape index (κ3) is 2.73. The Morgan fingerprint density at radius 1 is 1.13 bits per heavy atom. The van der Waals surface area contributed by atoms with E-state index in [2.05, 4.69) is 15.3 Å². The molecule has 2 aromatic carbocycles. The number of hydrogen-bond acceptors (Lipinski definition) is 6. The van der Waals surface area contributed by atoms with Gasteiger partial charge in [0.1, 0.15) is 11.3 Å². The summed E-state index contributed by atoms with van der Waals surface area (Å²) in [6.07, 6.45) is 0. The van der Waals surface area contributed by atoms with Crippen LogP contribution in [0.2, 0.25) is 0 Å². The highest BCUT2D eigenvalue weighted by Gasteiger charge is 2.10. The van der Waals surface area contributed by atoms with Crippen molar-refractivity contribution in [3.63, 3.8) is 0 Å². The molecule has 4 aromatic rings. The Hall–Kier alpha value is -2.60. The molecule has 2 heterocycles. The van der Waals surface area contributed by atoms with Gasteiger partial charge in [0.15, 0.2) is 10.7 Å². The molecule has 0 saturated carbocycles. The Morgan fingerprint density at radius 3 is 2.87 bits per heavy atom. The van der Waals surface area contributed by atoms with Gasteiger partial charge in [-0.15, -0.1) is 0 Å². The van der Waals surface area contributed by atoms with E-state index in [9.17, 15) is 0 Å². The summed E-state index contributed by atoms with van der Waals surface area (Å²) in [7, 11) is 0. The number of nitrogens with zero attached hydrogens (tertiary/aromatic N) is 2. The molecule has 0 fully saturated rings. The van der Waals surface area contributed by atoms with Crippen molar-refractivity contribution in [2.45, 2.75) is 13.8 Å². The number of anilines is 2. The van der Waals surface area contributed by atoms with Crippen LogP contribution in [0.5, 0.6) is 5.75 Å². The zero-order chi connectivity index (χ0) is 15.8. The lowest BCUT2D eigenvalue weighted by atomic mass is 10.2. The third-order valence-corrected chi connectivity index (χ3v) is 4.36. The fourth-order valence-electron chi connectivity index (χ4n) is 2.39. The molecular weight excluding hydrogens is 310 g/mol. The maximum Gasteiger partial charge on any atom is 0.302 e. The molecule has 0 saturated heterocycles. The highest BCUT2D eigenvalue weighted by atomic mass is 32.1. The fourth-order valence-corrected chi connectivity index (χ4v) is 3.28. The smallest absolute Gasteiger partial charge is 0.302 e. The minimum atomic E-state index is 0.453. The van der Waals surface area contributed by atoms with Crippen molar-refractivity contribution in [2.75, 3.05) is 11.9 Å². The lowest BCUT2D eigenvalue weighted by molar-refractivity contribution is 0.341. The van der Waals surface area contributed by atoms with E-state index in [4.69, 9.17) is 9.15 Å². The van der Waals surface area contributed by atoms with Gasteiger partial charge in [-0.25, -0.2) is 4.98 Å². The zero-order valence-corrected chi connectivity index (χ0v) is 13.6. The molecule has 1 N–H and O–H groups in total. The molecule has 0 amide bonds.